The maximum Gasteiger partial charge on any atom is 0.332 e. The van der Waals surface area contributed by atoms with Crippen LogP contribution in [0.25, 0.3) is 0 Å². The Balaban J connectivity index is 2.56. The number of methoxy groups -OCH3 is 1. The third-order valence-corrected chi connectivity index (χ3v) is 1.92. The van der Waals surface area contributed by atoms with Crippen molar-refractivity contribution in [3.05, 3.63) is 24.2 Å². The summed E-state index contributed by atoms with van der Waals surface area (Å²) in [7, 11) is 1.15. The molecule has 0 aliphatic carbocycles. The summed E-state index contributed by atoms with van der Waals surface area (Å²) >= 11 is 0. The van der Waals surface area contributed by atoms with E-state index in [0.717, 1.165) is 7.11 Å². The third kappa shape index (κ3) is 3.42. The Morgan fingerprint density at radius 1 is 1.41 bits per heavy atom. The van der Waals surface area contributed by atoms with Crippen LogP contribution in [-0.4, -0.2) is 30.8 Å². The van der Waals surface area contributed by atoms with Gasteiger partial charge in [0.15, 0.2) is 17.6 Å². The number of hydrazine groups is 1. The Morgan fingerprint density at radius 2 is 2.12 bits per heavy atom. The molecule has 0 aliphatic heterocycles. The van der Waals surface area contributed by atoms with E-state index in [0.29, 0.717) is 0 Å². The minimum Gasteiger partial charge on any atom is -0.467 e. The Bertz CT molecular complexity index is 412. The fourth-order valence-electron chi connectivity index (χ4n) is 1.05. The van der Waals surface area contributed by atoms with Crippen LogP contribution < -0.4 is 10.9 Å². The van der Waals surface area contributed by atoms with Gasteiger partial charge in [-0.25, -0.2) is 10.2 Å². The predicted molar refractivity (Wildman–Crippen MR) is 55.8 cm³/mol. The van der Waals surface area contributed by atoms with Gasteiger partial charge in [0.25, 0.3) is 0 Å². The van der Waals surface area contributed by atoms with Crippen molar-refractivity contribution >= 4 is 17.7 Å². The van der Waals surface area contributed by atoms with Crippen LogP contribution >= 0.6 is 0 Å². The average Bonchev–Trinajstić information content (AvgIpc) is 2.81. The lowest BCUT2D eigenvalue weighted by Crippen LogP contribution is -2.51. The van der Waals surface area contributed by atoms with Crippen LogP contribution in [0.4, 0.5) is 0 Å². The number of nitrogens with one attached hydrogen (secondary N) is 2. The number of hydrogen-bond acceptors (Lipinski definition) is 6. The molecule has 7 nitrogen and oxygen atoms in total. The lowest BCUT2D eigenvalue weighted by atomic mass is 10.2. The van der Waals surface area contributed by atoms with Crippen LogP contribution in [0, 0.1) is 0 Å². The molecule has 92 valence electrons. The zero-order chi connectivity index (χ0) is 12.8. The standard InChI is InChI=1S/C10H12N2O5/c1-6(13)8(10(15)16-2)11-12-9(14)7-4-3-5-17-7/h3-5,8,11H,1-2H3,(H,12,14). The summed E-state index contributed by atoms with van der Waals surface area (Å²) in [5.74, 6) is -1.79. The van der Waals surface area contributed by atoms with E-state index in [4.69, 9.17) is 4.42 Å². The largest absolute Gasteiger partial charge is 0.467 e. The number of furan rings is 1. The first-order valence-electron chi connectivity index (χ1n) is 4.74. The quantitative estimate of drug-likeness (QED) is 0.414. The molecule has 0 fully saturated rings. The van der Waals surface area contributed by atoms with Gasteiger partial charge in [-0.05, 0) is 19.1 Å². The summed E-state index contributed by atoms with van der Waals surface area (Å²) in [4.78, 5) is 33.7. The Morgan fingerprint density at radius 3 is 2.59 bits per heavy atom. The van der Waals surface area contributed by atoms with Gasteiger partial charge in [-0.15, -0.1) is 0 Å². The molecule has 0 saturated heterocycles. The van der Waals surface area contributed by atoms with Crippen LogP contribution in [0.1, 0.15) is 17.5 Å². The van der Waals surface area contributed by atoms with Crippen molar-refractivity contribution in [2.24, 2.45) is 0 Å². The molecule has 1 aromatic heterocycles. The molecule has 0 radical (unpaired) electrons. The first kappa shape index (κ1) is 12.9. The van der Waals surface area contributed by atoms with Gasteiger partial charge in [-0.3, -0.25) is 15.0 Å². The Hall–Kier alpha value is -2.15. The van der Waals surface area contributed by atoms with Gasteiger partial charge in [0.2, 0.25) is 0 Å². The van der Waals surface area contributed by atoms with E-state index in [-0.39, 0.29) is 5.76 Å². The van der Waals surface area contributed by atoms with Crippen molar-refractivity contribution < 1.29 is 23.5 Å². The molecular formula is C10H12N2O5. The number of amides is 1. The molecule has 0 spiro atoms. The van der Waals surface area contributed by atoms with Gasteiger partial charge in [0.1, 0.15) is 0 Å². The van der Waals surface area contributed by atoms with E-state index in [1.54, 1.807) is 0 Å². The van der Waals surface area contributed by atoms with Crippen molar-refractivity contribution in [1.82, 2.24) is 10.9 Å². The normalized spacial score (nSPS) is 11.6. The second-order valence-corrected chi connectivity index (χ2v) is 3.14. The highest BCUT2D eigenvalue weighted by Gasteiger charge is 2.24. The highest BCUT2D eigenvalue weighted by Crippen LogP contribution is 1.98. The molecule has 1 heterocycles. The van der Waals surface area contributed by atoms with Crippen molar-refractivity contribution in [2.45, 2.75) is 13.0 Å². The number of hydrogen-bond donors (Lipinski definition) is 2. The van der Waals surface area contributed by atoms with E-state index in [2.05, 4.69) is 15.6 Å². The highest BCUT2D eigenvalue weighted by atomic mass is 16.5. The molecule has 0 aliphatic rings. The fourth-order valence-corrected chi connectivity index (χ4v) is 1.05. The number of carbonyl (C=O) groups excluding carboxylic acids is 3. The van der Waals surface area contributed by atoms with Gasteiger partial charge < -0.3 is 9.15 Å². The summed E-state index contributed by atoms with van der Waals surface area (Å²) < 4.78 is 9.22. The molecule has 1 amide bonds. The zero-order valence-corrected chi connectivity index (χ0v) is 9.35. The van der Waals surface area contributed by atoms with Crippen molar-refractivity contribution in [1.29, 1.82) is 0 Å². The summed E-state index contributed by atoms with van der Waals surface area (Å²) in [6.07, 6.45) is 1.33. The van der Waals surface area contributed by atoms with E-state index in [9.17, 15) is 14.4 Å². The van der Waals surface area contributed by atoms with Gasteiger partial charge >= 0.3 is 11.9 Å². The number of rotatable bonds is 5. The number of ketones is 1. The lowest BCUT2D eigenvalue weighted by molar-refractivity contribution is -0.146. The predicted octanol–water partition coefficient (Wildman–Crippen LogP) is -0.355. The first-order chi connectivity index (χ1) is 8.06. The molecule has 1 rings (SSSR count). The lowest BCUT2D eigenvalue weighted by Gasteiger charge is -2.13. The van der Waals surface area contributed by atoms with Crippen LogP contribution in [-0.2, 0) is 14.3 Å². The van der Waals surface area contributed by atoms with Crippen LogP contribution in [0.15, 0.2) is 22.8 Å². The zero-order valence-electron chi connectivity index (χ0n) is 9.35. The van der Waals surface area contributed by atoms with Crippen LogP contribution in [0.2, 0.25) is 0 Å². The molecule has 7 heteroatoms. The number of esters is 1. The molecule has 2 N–H and O–H groups in total. The molecule has 1 aromatic rings. The third-order valence-electron chi connectivity index (χ3n) is 1.92. The molecule has 0 bridgehead atoms. The average molecular weight is 240 g/mol. The molecule has 0 saturated carbocycles. The minimum atomic E-state index is -1.24. The minimum absolute atomic E-state index is 0.0599. The summed E-state index contributed by atoms with van der Waals surface area (Å²) in [6, 6.07) is 1.74. The summed E-state index contributed by atoms with van der Waals surface area (Å²) in [5.41, 5.74) is 4.45. The Labute approximate surface area is 97.1 Å². The maximum atomic E-state index is 11.4. The van der Waals surface area contributed by atoms with Gasteiger partial charge in [-0.2, -0.15) is 0 Å². The monoisotopic (exact) mass is 240 g/mol. The molecule has 17 heavy (non-hydrogen) atoms. The van der Waals surface area contributed by atoms with Crippen LogP contribution in [0.3, 0.4) is 0 Å². The second-order valence-electron chi connectivity index (χ2n) is 3.14. The molecular weight excluding hydrogens is 228 g/mol. The highest BCUT2D eigenvalue weighted by molar-refractivity contribution is 6.02. The van der Waals surface area contributed by atoms with E-state index in [1.807, 2.05) is 0 Å². The SMILES string of the molecule is COC(=O)C(NNC(=O)c1ccco1)C(C)=O. The van der Waals surface area contributed by atoms with Crippen molar-refractivity contribution in [3.8, 4) is 0 Å². The van der Waals surface area contributed by atoms with Gasteiger partial charge in [-0.1, -0.05) is 0 Å². The molecule has 1 unspecified atom stereocenters. The van der Waals surface area contributed by atoms with Gasteiger partial charge in [0.05, 0.1) is 13.4 Å². The topological polar surface area (TPSA) is 97.6 Å². The summed E-state index contributed by atoms with van der Waals surface area (Å²) in [6.45, 7) is 1.20. The maximum absolute atomic E-state index is 11.4. The first-order valence-corrected chi connectivity index (χ1v) is 4.74. The molecule has 0 aromatic carbocycles. The second kappa shape index (κ2) is 5.80. The van der Waals surface area contributed by atoms with Crippen molar-refractivity contribution in [3.63, 3.8) is 0 Å². The number of ether oxygens (including phenoxy) is 1. The fraction of sp³-hybridized carbons (Fsp3) is 0.300. The smallest absolute Gasteiger partial charge is 0.332 e. The molecule has 1 atom stereocenters. The van der Waals surface area contributed by atoms with Crippen LogP contribution in [0.5, 0.6) is 0 Å². The van der Waals surface area contributed by atoms with Gasteiger partial charge in [0, 0.05) is 0 Å². The summed E-state index contributed by atoms with van der Waals surface area (Å²) in [5, 5.41) is 0. The van der Waals surface area contributed by atoms with E-state index in [1.165, 1.54) is 25.3 Å². The van der Waals surface area contributed by atoms with E-state index < -0.39 is 23.7 Å². The number of carbonyl (C=O) groups is 3. The Kier molecular flexibility index (Phi) is 4.41. The number of Topliss-reactive ketones (excluding diaryl/α,β-unsaturated/α-hetero) is 1. The van der Waals surface area contributed by atoms with Crippen molar-refractivity contribution in [2.75, 3.05) is 7.11 Å². The van der Waals surface area contributed by atoms with E-state index >= 15 is 0 Å².